The number of hydrogen-bond donors (Lipinski definition) is 3. The Balaban J connectivity index is 2.67. The van der Waals surface area contributed by atoms with Crippen molar-refractivity contribution in [3.63, 3.8) is 0 Å². The van der Waals surface area contributed by atoms with Crippen molar-refractivity contribution in [3.05, 3.63) is 29.8 Å². The van der Waals surface area contributed by atoms with Gasteiger partial charge in [0.2, 0.25) is 0 Å². The van der Waals surface area contributed by atoms with E-state index in [1.54, 1.807) is 6.07 Å². The molecule has 2 amide bonds. The van der Waals surface area contributed by atoms with E-state index >= 15 is 0 Å². The summed E-state index contributed by atoms with van der Waals surface area (Å²) in [5.41, 5.74) is 1.48. The van der Waals surface area contributed by atoms with E-state index in [-0.39, 0.29) is 18.5 Å². The molecule has 0 radical (unpaired) electrons. The Morgan fingerprint density at radius 2 is 1.85 bits per heavy atom. The number of amides is 2. The van der Waals surface area contributed by atoms with Crippen molar-refractivity contribution >= 4 is 17.7 Å². The molecule has 110 valence electrons. The van der Waals surface area contributed by atoms with Crippen LogP contribution in [0.5, 0.6) is 0 Å². The molecule has 0 saturated carbocycles. The molecule has 0 heterocycles. The monoisotopic (exact) mass is 278 g/mol. The Labute approximate surface area is 119 Å². The molecule has 5 heteroatoms. The first-order chi connectivity index (χ1) is 9.40. The van der Waals surface area contributed by atoms with E-state index in [1.165, 1.54) is 0 Å². The zero-order valence-corrected chi connectivity index (χ0v) is 12.1. The van der Waals surface area contributed by atoms with E-state index in [0.717, 1.165) is 5.56 Å². The number of aliphatic carboxylic acids is 1. The molecule has 0 aliphatic heterocycles. The second kappa shape index (κ2) is 7.53. The lowest BCUT2D eigenvalue weighted by molar-refractivity contribution is -0.136. The zero-order valence-electron chi connectivity index (χ0n) is 12.1. The van der Waals surface area contributed by atoms with Gasteiger partial charge in [0.25, 0.3) is 0 Å². The molecule has 0 aliphatic carbocycles. The summed E-state index contributed by atoms with van der Waals surface area (Å²) in [5.74, 6) is -0.499. The van der Waals surface area contributed by atoms with Gasteiger partial charge in [0.1, 0.15) is 0 Å². The quantitative estimate of drug-likeness (QED) is 0.748. The zero-order chi connectivity index (χ0) is 15.1. The molecule has 1 unspecified atom stereocenters. The first kappa shape index (κ1) is 16.0. The van der Waals surface area contributed by atoms with Gasteiger partial charge in [-0.15, -0.1) is 0 Å². The Morgan fingerprint density at radius 3 is 2.45 bits per heavy atom. The number of nitrogens with one attached hydrogen (secondary N) is 2. The van der Waals surface area contributed by atoms with Crippen LogP contribution in [0.2, 0.25) is 0 Å². The number of hydrogen-bond acceptors (Lipinski definition) is 2. The van der Waals surface area contributed by atoms with E-state index in [9.17, 15) is 9.59 Å². The van der Waals surface area contributed by atoms with Crippen LogP contribution in [0.25, 0.3) is 0 Å². The highest BCUT2D eigenvalue weighted by Gasteiger charge is 2.12. The molecule has 1 aromatic carbocycles. The van der Waals surface area contributed by atoms with E-state index in [4.69, 9.17) is 5.11 Å². The predicted molar refractivity (Wildman–Crippen MR) is 78.9 cm³/mol. The molecule has 0 bridgehead atoms. The highest BCUT2D eigenvalue weighted by Crippen LogP contribution is 2.17. The summed E-state index contributed by atoms with van der Waals surface area (Å²) in [5, 5.41) is 14.4. The normalized spacial score (nSPS) is 12.0. The second-order valence-corrected chi connectivity index (χ2v) is 5.18. The molecule has 0 spiro atoms. The molecule has 0 fully saturated rings. The molecule has 5 nitrogen and oxygen atoms in total. The number of carboxylic acids is 1. The Bertz CT molecular complexity index is 472. The number of benzene rings is 1. The molecule has 0 aliphatic rings. The van der Waals surface area contributed by atoms with Gasteiger partial charge in [-0.3, -0.25) is 4.79 Å². The van der Waals surface area contributed by atoms with Crippen molar-refractivity contribution in [2.45, 2.75) is 39.7 Å². The third-order valence-corrected chi connectivity index (χ3v) is 3.23. The third-order valence-electron chi connectivity index (χ3n) is 3.23. The van der Waals surface area contributed by atoms with Crippen molar-refractivity contribution in [1.82, 2.24) is 5.32 Å². The van der Waals surface area contributed by atoms with Crippen LogP contribution in [0.1, 0.15) is 32.8 Å². The predicted octanol–water partition coefficient (Wildman–Crippen LogP) is 2.87. The van der Waals surface area contributed by atoms with E-state index < -0.39 is 5.97 Å². The average Bonchev–Trinajstić information content (AvgIpc) is 2.37. The van der Waals surface area contributed by atoms with E-state index in [1.807, 2.05) is 39.0 Å². The fraction of sp³-hybridized carbons (Fsp3) is 0.467. The van der Waals surface area contributed by atoms with Crippen LogP contribution in [-0.4, -0.2) is 23.1 Å². The maximum absolute atomic E-state index is 11.9. The number of carbonyl (C=O) groups excluding carboxylic acids is 1. The number of anilines is 1. The van der Waals surface area contributed by atoms with E-state index in [2.05, 4.69) is 10.6 Å². The van der Waals surface area contributed by atoms with Crippen LogP contribution in [0.15, 0.2) is 24.3 Å². The van der Waals surface area contributed by atoms with Gasteiger partial charge in [-0.25, -0.2) is 4.79 Å². The molecule has 20 heavy (non-hydrogen) atoms. The first-order valence-corrected chi connectivity index (χ1v) is 6.77. The van der Waals surface area contributed by atoms with Crippen LogP contribution in [0, 0.1) is 5.92 Å². The topological polar surface area (TPSA) is 78.4 Å². The van der Waals surface area contributed by atoms with Crippen LogP contribution in [0.4, 0.5) is 10.5 Å². The smallest absolute Gasteiger partial charge is 0.319 e. The maximum Gasteiger partial charge on any atom is 0.319 e. The largest absolute Gasteiger partial charge is 0.481 e. The molecule has 1 aromatic rings. The van der Waals surface area contributed by atoms with Crippen LogP contribution < -0.4 is 10.6 Å². The minimum absolute atomic E-state index is 0.0444. The molecular formula is C15H22N2O3. The summed E-state index contributed by atoms with van der Waals surface area (Å²) in [6.07, 6.45) is 0.439. The number of rotatable bonds is 6. The third kappa shape index (κ3) is 5.30. The fourth-order valence-corrected chi connectivity index (χ4v) is 1.63. The van der Waals surface area contributed by atoms with Gasteiger partial charge in [0.05, 0.1) is 0 Å². The molecule has 1 atom stereocenters. The number of aryl methyl sites for hydroxylation is 1. The lowest BCUT2D eigenvalue weighted by Gasteiger charge is -2.18. The van der Waals surface area contributed by atoms with Gasteiger partial charge < -0.3 is 15.7 Å². The highest BCUT2D eigenvalue weighted by atomic mass is 16.4. The molecule has 0 saturated heterocycles. The van der Waals surface area contributed by atoms with Gasteiger partial charge in [-0.05, 0) is 30.9 Å². The Hall–Kier alpha value is -2.04. The summed E-state index contributed by atoms with van der Waals surface area (Å²) in [6, 6.07) is 7.04. The standard InChI is InChI=1S/C15H22N2O3/c1-10(2)11(3)16-15(20)17-13-7-5-4-6-12(13)8-9-14(18)19/h4-7,10-11H,8-9H2,1-3H3,(H,18,19)(H2,16,17,20). The molecule has 1 rings (SSSR count). The first-order valence-electron chi connectivity index (χ1n) is 6.77. The van der Waals surface area contributed by atoms with Gasteiger partial charge in [-0.1, -0.05) is 32.0 Å². The summed E-state index contributed by atoms with van der Waals surface area (Å²) in [7, 11) is 0. The minimum Gasteiger partial charge on any atom is -0.481 e. The molecular weight excluding hydrogens is 256 g/mol. The summed E-state index contributed by atoms with van der Waals surface area (Å²) < 4.78 is 0. The molecule has 3 N–H and O–H groups in total. The van der Waals surface area contributed by atoms with Crippen molar-refractivity contribution in [2.24, 2.45) is 5.92 Å². The number of carboxylic acid groups (broad SMARTS) is 1. The van der Waals surface area contributed by atoms with Crippen LogP contribution in [0.3, 0.4) is 0 Å². The number of para-hydroxylation sites is 1. The highest BCUT2D eigenvalue weighted by molar-refractivity contribution is 5.90. The fourth-order valence-electron chi connectivity index (χ4n) is 1.63. The van der Waals surface area contributed by atoms with Crippen molar-refractivity contribution in [2.75, 3.05) is 5.32 Å². The maximum atomic E-state index is 11.9. The SMILES string of the molecule is CC(C)C(C)NC(=O)Nc1ccccc1CCC(=O)O. The Kier molecular flexibility index (Phi) is 6.03. The summed E-state index contributed by atoms with van der Waals surface area (Å²) in [4.78, 5) is 22.5. The summed E-state index contributed by atoms with van der Waals surface area (Å²) >= 11 is 0. The van der Waals surface area contributed by atoms with Gasteiger partial charge in [-0.2, -0.15) is 0 Å². The lowest BCUT2D eigenvalue weighted by atomic mass is 10.1. The van der Waals surface area contributed by atoms with Crippen LogP contribution >= 0.6 is 0 Å². The number of carbonyl (C=O) groups is 2. The number of urea groups is 1. The van der Waals surface area contributed by atoms with Gasteiger partial charge >= 0.3 is 12.0 Å². The van der Waals surface area contributed by atoms with Crippen molar-refractivity contribution in [1.29, 1.82) is 0 Å². The van der Waals surface area contributed by atoms with Crippen molar-refractivity contribution in [3.8, 4) is 0 Å². The second-order valence-electron chi connectivity index (χ2n) is 5.18. The average molecular weight is 278 g/mol. The van der Waals surface area contributed by atoms with E-state index in [0.29, 0.717) is 18.0 Å². The van der Waals surface area contributed by atoms with Crippen molar-refractivity contribution < 1.29 is 14.7 Å². The van der Waals surface area contributed by atoms with Gasteiger partial charge in [0.15, 0.2) is 0 Å². The Morgan fingerprint density at radius 1 is 1.20 bits per heavy atom. The summed E-state index contributed by atoms with van der Waals surface area (Å²) in [6.45, 7) is 6.01. The van der Waals surface area contributed by atoms with Crippen LogP contribution in [-0.2, 0) is 11.2 Å². The lowest BCUT2D eigenvalue weighted by Crippen LogP contribution is -2.39. The molecule has 0 aromatic heterocycles. The van der Waals surface area contributed by atoms with Gasteiger partial charge in [0, 0.05) is 18.2 Å². The minimum atomic E-state index is -0.849.